The third-order valence-corrected chi connectivity index (χ3v) is 5.44. The lowest BCUT2D eigenvalue weighted by Crippen LogP contribution is -2.44. The maximum absolute atomic E-state index is 13.1. The molecular weight excluding hydrogens is 383 g/mol. The molecule has 1 aliphatic carbocycles. The van der Waals surface area contributed by atoms with E-state index in [2.05, 4.69) is 20.6 Å². The van der Waals surface area contributed by atoms with E-state index >= 15 is 0 Å². The van der Waals surface area contributed by atoms with Crippen molar-refractivity contribution < 1.29 is 9.18 Å². The van der Waals surface area contributed by atoms with Gasteiger partial charge >= 0.3 is 0 Å². The average Bonchev–Trinajstić information content (AvgIpc) is 2.71. The normalized spacial score (nSPS) is 18.6. The fraction of sp³-hybridized carbons (Fsp3) is 0.500. The predicted octanol–water partition coefficient (Wildman–Crippen LogP) is 2.97. The number of aryl methyl sites for hydroxylation is 1. The number of nitrogens with one attached hydrogen (secondary N) is 2. The van der Waals surface area contributed by atoms with Gasteiger partial charge in [-0.05, 0) is 56.9 Å². The van der Waals surface area contributed by atoms with E-state index in [0.29, 0.717) is 12.0 Å². The third-order valence-electron chi connectivity index (χ3n) is 5.44. The monoisotopic (exact) mass is 414 g/mol. The number of halogens is 1. The number of carbonyl (C=O) groups is 1. The Kier molecular flexibility index (Phi) is 7.07. The quantitative estimate of drug-likeness (QED) is 0.726. The van der Waals surface area contributed by atoms with Crippen LogP contribution in [0.5, 0.6) is 0 Å². The average molecular weight is 415 g/mol. The van der Waals surface area contributed by atoms with E-state index in [1.165, 1.54) is 12.1 Å². The second-order valence-electron chi connectivity index (χ2n) is 8.19. The molecule has 1 fully saturated rings. The zero-order valence-electron chi connectivity index (χ0n) is 18.2. The van der Waals surface area contributed by atoms with E-state index in [9.17, 15) is 9.18 Å². The van der Waals surface area contributed by atoms with Gasteiger partial charge in [-0.1, -0.05) is 0 Å². The fourth-order valence-corrected chi connectivity index (χ4v) is 3.80. The van der Waals surface area contributed by atoms with Gasteiger partial charge in [0.15, 0.2) is 0 Å². The first-order valence-electron chi connectivity index (χ1n) is 10.4. The first-order chi connectivity index (χ1) is 14.3. The second-order valence-corrected chi connectivity index (χ2v) is 8.19. The molecule has 0 radical (unpaired) electrons. The molecule has 1 heterocycles. The van der Waals surface area contributed by atoms with Crippen molar-refractivity contribution in [3.05, 3.63) is 41.8 Å². The van der Waals surface area contributed by atoms with Crippen molar-refractivity contribution in [2.24, 2.45) is 0 Å². The van der Waals surface area contributed by atoms with Crippen LogP contribution < -0.4 is 20.4 Å². The zero-order valence-corrected chi connectivity index (χ0v) is 18.2. The summed E-state index contributed by atoms with van der Waals surface area (Å²) in [6.45, 7) is 2.24. The summed E-state index contributed by atoms with van der Waals surface area (Å²) in [6.07, 6.45) is 5.57. The van der Waals surface area contributed by atoms with Crippen LogP contribution in [-0.2, 0) is 4.79 Å². The number of amides is 1. The molecule has 2 aromatic rings. The molecule has 1 saturated carbocycles. The van der Waals surface area contributed by atoms with Gasteiger partial charge < -0.3 is 20.4 Å². The molecule has 0 saturated heterocycles. The first kappa shape index (κ1) is 21.8. The van der Waals surface area contributed by atoms with Crippen molar-refractivity contribution >= 4 is 23.4 Å². The number of likely N-dealkylation sites (N-methyl/N-ethyl adjacent to an activating group) is 1. The number of nitrogens with zero attached hydrogens (tertiary/aromatic N) is 4. The van der Waals surface area contributed by atoms with E-state index in [-0.39, 0.29) is 24.3 Å². The lowest BCUT2D eigenvalue weighted by molar-refractivity contribution is -0.120. The van der Waals surface area contributed by atoms with Gasteiger partial charge in [0, 0.05) is 50.7 Å². The second kappa shape index (κ2) is 9.73. The molecule has 8 heteroatoms. The Labute approximate surface area is 177 Å². The van der Waals surface area contributed by atoms with Crippen LogP contribution in [0.1, 0.15) is 31.2 Å². The van der Waals surface area contributed by atoms with Crippen molar-refractivity contribution in [3.63, 3.8) is 0 Å². The number of carbonyl (C=O) groups excluding carboxylic acids is 1. The van der Waals surface area contributed by atoms with Crippen LogP contribution >= 0.6 is 0 Å². The molecule has 1 aromatic carbocycles. The van der Waals surface area contributed by atoms with Crippen LogP contribution in [0.4, 0.5) is 21.8 Å². The highest BCUT2D eigenvalue weighted by Gasteiger charge is 2.23. The number of hydrogen-bond acceptors (Lipinski definition) is 6. The lowest BCUT2D eigenvalue weighted by atomic mass is 9.91. The minimum absolute atomic E-state index is 0.0178. The maximum atomic E-state index is 13.1. The minimum atomic E-state index is -0.282. The Hall–Kier alpha value is -2.90. The number of rotatable bonds is 7. The number of hydrogen-bond donors (Lipinski definition) is 2. The number of benzene rings is 1. The molecule has 1 amide bonds. The summed E-state index contributed by atoms with van der Waals surface area (Å²) in [5.41, 5.74) is 1.86. The van der Waals surface area contributed by atoms with Crippen molar-refractivity contribution in [1.82, 2.24) is 15.3 Å². The smallest absolute Gasteiger partial charge is 0.239 e. The molecule has 0 spiro atoms. The molecule has 7 nitrogen and oxygen atoms in total. The van der Waals surface area contributed by atoms with Gasteiger partial charge in [0.05, 0.1) is 6.54 Å². The Bertz CT molecular complexity index is 849. The first-order valence-corrected chi connectivity index (χ1v) is 10.4. The summed E-state index contributed by atoms with van der Waals surface area (Å²) in [4.78, 5) is 25.2. The molecule has 162 valence electrons. The SMILES string of the molecule is Cc1cnc(NC2CCC(NC(=O)CN(C)c3ccc(F)cc3)CC2)nc1N(C)C. The standard InChI is InChI=1S/C22H31FN6O/c1-15-13-24-22(27-21(15)28(2)3)26-18-9-7-17(8-10-18)25-20(30)14-29(4)19-11-5-16(23)6-12-19/h5-6,11-13,17-18H,7-10,14H2,1-4H3,(H,25,30)(H,24,26,27). The highest BCUT2D eigenvalue weighted by molar-refractivity contribution is 5.81. The fourth-order valence-electron chi connectivity index (χ4n) is 3.80. The van der Waals surface area contributed by atoms with Gasteiger partial charge in [-0.3, -0.25) is 4.79 Å². The van der Waals surface area contributed by atoms with E-state index < -0.39 is 0 Å². The minimum Gasteiger partial charge on any atom is -0.365 e. The van der Waals surface area contributed by atoms with Crippen LogP contribution in [0.2, 0.25) is 0 Å². The molecular formula is C22H31FN6O. The number of aromatic nitrogens is 2. The predicted molar refractivity (Wildman–Crippen MR) is 119 cm³/mol. The van der Waals surface area contributed by atoms with E-state index in [1.807, 2.05) is 44.1 Å². The summed E-state index contributed by atoms with van der Waals surface area (Å²) < 4.78 is 13.1. The van der Waals surface area contributed by atoms with E-state index in [0.717, 1.165) is 42.8 Å². The largest absolute Gasteiger partial charge is 0.365 e. The third kappa shape index (κ3) is 5.81. The van der Waals surface area contributed by atoms with Crippen LogP contribution in [0.3, 0.4) is 0 Å². The van der Waals surface area contributed by atoms with Gasteiger partial charge in [0.1, 0.15) is 11.6 Å². The summed E-state index contributed by atoms with van der Waals surface area (Å²) in [6, 6.07) is 6.63. The van der Waals surface area contributed by atoms with Crippen molar-refractivity contribution in [3.8, 4) is 0 Å². The van der Waals surface area contributed by atoms with Crippen molar-refractivity contribution in [2.75, 3.05) is 42.8 Å². The highest BCUT2D eigenvalue weighted by atomic mass is 19.1. The molecule has 0 unspecified atom stereocenters. The molecule has 1 aliphatic rings. The van der Waals surface area contributed by atoms with Crippen LogP contribution in [0.15, 0.2) is 30.5 Å². The summed E-state index contributed by atoms with van der Waals surface area (Å²) in [5, 5.41) is 6.56. The number of anilines is 3. The van der Waals surface area contributed by atoms with Gasteiger partial charge in [-0.25, -0.2) is 9.37 Å². The topological polar surface area (TPSA) is 73.4 Å². The Morgan fingerprint density at radius 1 is 1.10 bits per heavy atom. The zero-order chi connectivity index (χ0) is 21.7. The Balaban J connectivity index is 1.44. The highest BCUT2D eigenvalue weighted by Crippen LogP contribution is 2.23. The molecule has 3 rings (SSSR count). The summed E-state index contributed by atoms with van der Waals surface area (Å²) >= 11 is 0. The molecule has 30 heavy (non-hydrogen) atoms. The summed E-state index contributed by atoms with van der Waals surface area (Å²) in [7, 11) is 5.78. The van der Waals surface area contributed by atoms with Crippen LogP contribution in [0, 0.1) is 12.7 Å². The Morgan fingerprint density at radius 2 is 1.73 bits per heavy atom. The van der Waals surface area contributed by atoms with Gasteiger partial charge in [0.2, 0.25) is 11.9 Å². The molecule has 0 atom stereocenters. The molecule has 0 bridgehead atoms. The van der Waals surface area contributed by atoms with Gasteiger partial charge in [-0.15, -0.1) is 0 Å². The van der Waals surface area contributed by atoms with E-state index in [4.69, 9.17) is 0 Å². The van der Waals surface area contributed by atoms with E-state index in [1.54, 1.807) is 12.1 Å². The van der Waals surface area contributed by atoms with Crippen LogP contribution in [-0.4, -0.2) is 55.6 Å². The Morgan fingerprint density at radius 3 is 2.37 bits per heavy atom. The lowest BCUT2D eigenvalue weighted by Gasteiger charge is -2.30. The maximum Gasteiger partial charge on any atom is 0.239 e. The summed E-state index contributed by atoms with van der Waals surface area (Å²) in [5.74, 6) is 1.27. The van der Waals surface area contributed by atoms with Crippen molar-refractivity contribution in [2.45, 2.75) is 44.7 Å². The van der Waals surface area contributed by atoms with Gasteiger partial charge in [0.25, 0.3) is 0 Å². The molecule has 1 aromatic heterocycles. The molecule has 0 aliphatic heterocycles. The van der Waals surface area contributed by atoms with Crippen molar-refractivity contribution in [1.29, 1.82) is 0 Å². The van der Waals surface area contributed by atoms with Gasteiger partial charge in [-0.2, -0.15) is 4.98 Å². The van der Waals surface area contributed by atoms with Crippen LogP contribution in [0.25, 0.3) is 0 Å². The molecule has 2 N–H and O–H groups in total.